The van der Waals surface area contributed by atoms with Crippen LogP contribution in [0.15, 0.2) is 18.2 Å². The Morgan fingerprint density at radius 3 is 2.52 bits per heavy atom. The van der Waals surface area contributed by atoms with Gasteiger partial charge in [-0.2, -0.15) is 0 Å². The van der Waals surface area contributed by atoms with E-state index < -0.39 is 4.92 Å². The first kappa shape index (κ1) is 15.3. The third kappa shape index (κ3) is 3.93. The molecule has 0 saturated heterocycles. The van der Waals surface area contributed by atoms with Crippen LogP contribution >= 0.6 is 0 Å². The van der Waals surface area contributed by atoms with Crippen LogP contribution in [-0.4, -0.2) is 22.9 Å². The van der Waals surface area contributed by atoms with Gasteiger partial charge in [-0.1, -0.05) is 13.8 Å². The molecule has 0 heterocycles. The van der Waals surface area contributed by atoms with Gasteiger partial charge in [0.2, 0.25) is 0 Å². The molecule has 114 valence electrons. The molecule has 6 heteroatoms. The van der Waals surface area contributed by atoms with Crippen molar-refractivity contribution in [2.24, 2.45) is 5.92 Å². The van der Waals surface area contributed by atoms with E-state index in [1.165, 1.54) is 6.07 Å². The Bertz CT molecular complexity index is 553. The molecule has 1 amide bonds. The summed E-state index contributed by atoms with van der Waals surface area (Å²) >= 11 is 0. The fourth-order valence-electron chi connectivity index (χ4n) is 1.85. The zero-order valence-corrected chi connectivity index (χ0v) is 12.6. The minimum Gasteiger partial charge on any atom is -0.377 e. The van der Waals surface area contributed by atoms with E-state index in [4.69, 9.17) is 0 Å². The van der Waals surface area contributed by atoms with Crippen molar-refractivity contribution >= 4 is 17.3 Å². The van der Waals surface area contributed by atoms with Crippen molar-refractivity contribution in [3.05, 3.63) is 33.9 Å². The SMILES string of the molecule is CC(C)C(C)Nc1ccc(C(=O)NC2CC2)cc1[N+](=O)[O-]. The van der Waals surface area contributed by atoms with Gasteiger partial charge < -0.3 is 10.6 Å². The van der Waals surface area contributed by atoms with Gasteiger partial charge in [-0.25, -0.2) is 0 Å². The van der Waals surface area contributed by atoms with Gasteiger partial charge >= 0.3 is 0 Å². The largest absolute Gasteiger partial charge is 0.377 e. The summed E-state index contributed by atoms with van der Waals surface area (Å²) in [5, 5.41) is 17.2. The molecule has 1 aliphatic carbocycles. The molecule has 6 nitrogen and oxygen atoms in total. The van der Waals surface area contributed by atoms with Crippen molar-refractivity contribution in [1.29, 1.82) is 0 Å². The van der Waals surface area contributed by atoms with Gasteiger partial charge in [-0.05, 0) is 37.8 Å². The van der Waals surface area contributed by atoms with Crippen molar-refractivity contribution in [3.63, 3.8) is 0 Å². The number of amides is 1. The molecule has 0 spiro atoms. The summed E-state index contributed by atoms with van der Waals surface area (Å²) < 4.78 is 0. The molecule has 1 aromatic rings. The molecular weight excluding hydrogens is 270 g/mol. The Morgan fingerprint density at radius 2 is 2.00 bits per heavy atom. The second-order valence-electron chi connectivity index (χ2n) is 5.91. The van der Waals surface area contributed by atoms with Crippen molar-refractivity contribution in [2.75, 3.05) is 5.32 Å². The lowest BCUT2D eigenvalue weighted by molar-refractivity contribution is -0.384. The summed E-state index contributed by atoms with van der Waals surface area (Å²) in [5.74, 6) is 0.103. The number of nitro groups is 1. The standard InChI is InChI=1S/C15H21N3O3/c1-9(2)10(3)16-13-7-4-11(8-14(13)18(20)21)15(19)17-12-5-6-12/h4,7-10,12,16H,5-6H2,1-3H3,(H,17,19). The fraction of sp³-hybridized carbons (Fsp3) is 0.533. The molecule has 0 aliphatic heterocycles. The molecule has 1 aliphatic rings. The second kappa shape index (κ2) is 6.11. The Balaban J connectivity index is 2.21. The van der Waals surface area contributed by atoms with Crippen LogP contribution in [0.1, 0.15) is 44.0 Å². The quantitative estimate of drug-likeness (QED) is 0.623. The van der Waals surface area contributed by atoms with E-state index >= 15 is 0 Å². The normalized spacial score (nSPS) is 15.6. The highest BCUT2D eigenvalue weighted by Gasteiger charge is 2.25. The molecule has 1 unspecified atom stereocenters. The van der Waals surface area contributed by atoms with E-state index in [1.54, 1.807) is 12.1 Å². The van der Waals surface area contributed by atoms with E-state index in [-0.39, 0.29) is 23.7 Å². The number of anilines is 1. The van der Waals surface area contributed by atoms with Gasteiger partial charge in [-0.3, -0.25) is 14.9 Å². The average Bonchev–Trinajstić information content (AvgIpc) is 3.22. The van der Waals surface area contributed by atoms with Crippen molar-refractivity contribution in [2.45, 2.75) is 45.7 Å². The van der Waals surface area contributed by atoms with Gasteiger partial charge in [0.1, 0.15) is 5.69 Å². The monoisotopic (exact) mass is 291 g/mol. The first-order valence-electron chi connectivity index (χ1n) is 7.24. The van der Waals surface area contributed by atoms with Crippen LogP contribution in [0.25, 0.3) is 0 Å². The first-order valence-corrected chi connectivity index (χ1v) is 7.24. The number of benzene rings is 1. The van der Waals surface area contributed by atoms with Gasteiger partial charge in [0.25, 0.3) is 11.6 Å². The van der Waals surface area contributed by atoms with Crippen LogP contribution in [0.2, 0.25) is 0 Å². The van der Waals surface area contributed by atoms with E-state index in [0.29, 0.717) is 17.2 Å². The minimum absolute atomic E-state index is 0.0639. The van der Waals surface area contributed by atoms with Gasteiger partial charge in [0, 0.05) is 23.7 Å². The minimum atomic E-state index is -0.455. The molecule has 0 aromatic heterocycles. The highest BCUT2D eigenvalue weighted by molar-refractivity contribution is 5.96. The molecule has 0 radical (unpaired) electrons. The van der Waals surface area contributed by atoms with Gasteiger partial charge in [-0.15, -0.1) is 0 Å². The molecule has 1 saturated carbocycles. The number of nitrogens with zero attached hydrogens (tertiary/aromatic N) is 1. The fourth-order valence-corrected chi connectivity index (χ4v) is 1.85. The second-order valence-corrected chi connectivity index (χ2v) is 5.91. The molecule has 2 rings (SSSR count). The number of carbonyl (C=O) groups is 1. The molecular formula is C15H21N3O3. The molecule has 1 aromatic carbocycles. The summed E-state index contributed by atoms with van der Waals surface area (Å²) in [6.45, 7) is 6.06. The molecule has 1 atom stereocenters. The Morgan fingerprint density at radius 1 is 1.33 bits per heavy atom. The van der Waals surface area contributed by atoms with Crippen LogP contribution in [0.3, 0.4) is 0 Å². The van der Waals surface area contributed by atoms with E-state index in [9.17, 15) is 14.9 Å². The number of carbonyl (C=O) groups excluding carboxylic acids is 1. The highest BCUT2D eigenvalue weighted by atomic mass is 16.6. The summed E-state index contributed by atoms with van der Waals surface area (Å²) in [4.78, 5) is 22.7. The predicted molar refractivity (Wildman–Crippen MR) is 81.5 cm³/mol. The zero-order valence-electron chi connectivity index (χ0n) is 12.6. The van der Waals surface area contributed by atoms with Crippen molar-refractivity contribution in [3.8, 4) is 0 Å². The Labute approximate surface area is 124 Å². The van der Waals surface area contributed by atoms with E-state index in [2.05, 4.69) is 10.6 Å². The zero-order chi connectivity index (χ0) is 15.6. The maximum Gasteiger partial charge on any atom is 0.293 e. The van der Waals surface area contributed by atoms with Crippen LogP contribution in [0.4, 0.5) is 11.4 Å². The van der Waals surface area contributed by atoms with Crippen LogP contribution in [0.5, 0.6) is 0 Å². The van der Waals surface area contributed by atoms with E-state index in [0.717, 1.165) is 12.8 Å². The first-order chi connectivity index (χ1) is 9.88. The Kier molecular flexibility index (Phi) is 4.45. The predicted octanol–water partition coefficient (Wildman–Crippen LogP) is 2.94. The average molecular weight is 291 g/mol. The van der Waals surface area contributed by atoms with Crippen LogP contribution in [0, 0.1) is 16.0 Å². The summed E-state index contributed by atoms with van der Waals surface area (Å²) in [6.07, 6.45) is 1.97. The van der Waals surface area contributed by atoms with Crippen LogP contribution in [-0.2, 0) is 0 Å². The summed E-state index contributed by atoms with van der Waals surface area (Å²) in [6, 6.07) is 4.91. The van der Waals surface area contributed by atoms with Crippen molar-refractivity contribution < 1.29 is 9.72 Å². The number of nitrogens with one attached hydrogen (secondary N) is 2. The lowest BCUT2D eigenvalue weighted by Crippen LogP contribution is -2.26. The molecule has 2 N–H and O–H groups in total. The Hall–Kier alpha value is -2.11. The summed E-state index contributed by atoms with van der Waals surface area (Å²) in [5.41, 5.74) is 0.714. The lowest BCUT2D eigenvalue weighted by atomic mass is 10.1. The highest BCUT2D eigenvalue weighted by Crippen LogP contribution is 2.28. The number of hydrogen-bond acceptors (Lipinski definition) is 4. The lowest BCUT2D eigenvalue weighted by Gasteiger charge is -2.19. The van der Waals surface area contributed by atoms with Crippen molar-refractivity contribution in [1.82, 2.24) is 5.32 Å². The van der Waals surface area contributed by atoms with Gasteiger partial charge in [0.15, 0.2) is 0 Å². The maximum atomic E-state index is 12.0. The number of hydrogen-bond donors (Lipinski definition) is 2. The van der Waals surface area contributed by atoms with E-state index in [1.807, 2.05) is 20.8 Å². The summed E-state index contributed by atoms with van der Waals surface area (Å²) in [7, 11) is 0. The molecule has 21 heavy (non-hydrogen) atoms. The number of nitro benzene ring substituents is 1. The smallest absolute Gasteiger partial charge is 0.293 e. The molecule has 0 bridgehead atoms. The van der Waals surface area contributed by atoms with Crippen LogP contribution < -0.4 is 10.6 Å². The third-order valence-corrected chi connectivity index (χ3v) is 3.75. The maximum absolute atomic E-state index is 12.0. The third-order valence-electron chi connectivity index (χ3n) is 3.75. The number of rotatable bonds is 6. The topological polar surface area (TPSA) is 84.3 Å². The van der Waals surface area contributed by atoms with Gasteiger partial charge in [0.05, 0.1) is 4.92 Å². The molecule has 1 fully saturated rings.